The number of rotatable bonds is 3. The lowest BCUT2D eigenvalue weighted by atomic mass is 10.8. The Morgan fingerprint density at radius 1 is 1.83 bits per heavy atom. The Labute approximate surface area is 71.6 Å². The first-order chi connectivity index (χ1) is 5.65. The van der Waals surface area contributed by atoms with Gasteiger partial charge in [0, 0.05) is 7.05 Å². The van der Waals surface area contributed by atoms with Gasteiger partial charge in [-0.05, 0) is 11.3 Å². The van der Waals surface area contributed by atoms with Crippen LogP contribution >= 0.6 is 11.3 Å². The SMILES string of the molecule is CN(C=O)c1ncc([N+](=O)[O-])s1. The second-order valence-corrected chi connectivity index (χ2v) is 2.94. The molecule has 0 aliphatic carbocycles. The second-order valence-electron chi connectivity index (χ2n) is 1.95. The number of carbonyl (C=O) groups excluding carboxylic acids is 1. The normalized spacial score (nSPS) is 9.42. The smallest absolute Gasteiger partial charge is 0.294 e. The fourth-order valence-corrected chi connectivity index (χ4v) is 1.21. The highest BCUT2D eigenvalue weighted by molar-refractivity contribution is 7.18. The summed E-state index contributed by atoms with van der Waals surface area (Å²) >= 11 is 0.858. The molecule has 7 heteroatoms. The molecule has 1 amide bonds. The fraction of sp³-hybridized carbons (Fsp3) is 0.200. The van der Waals surface area contributed by atoms with Crippen LogP contribution in [0.25, 0.3) is 0 Å². The third-order valence-corrected chi connectivity index (χ3v) is 2.16. The largest absolute Gasteiger partial charge is 0.345 e. The van der Waals surface area contributed by atoms with Gasteiger partial charge < -0.3 is 0 Å². The lowest BCUT2D eigenvalue weighted by Crippen LogP contribution is -2.12. The third kappa shape index (κ3) is 1.56. The van der Waals surface area contributed by atoms with Crippen LogP contribution in [0.4, 0.5) is 10.1 Å². The standard InChI is InChI=1S/C5H5N3O3S/c1-7(3-9)5-6-2-4(12-5)8(10)11/h2-3H,1H3. The molecule has 0 aliphatic rings. The van der Waals surface area contributed by atoms with Crippen LogP contribution in [0.2, 0.25) is 0 Å². The van der Waals surface area contributed by atoms with E-state index in [4.69, 9.17) is 0 Å². The number of nitro groups is 1. The maximum absolute atomic E-state index is 10.2. The van der Waals surface area contributed by atoms with E-state index in [0.29, 0.717) is 11.5 Å². The molecule has 12 heavy (non-hydrogen) atoms. The first-order valence-electron chi connectivity index (χ1n) is 2.93. The van der Waals surface area contributed by atoms with E-state index in [9.17, 15) is 14.9 Å². The van der Waals surface area contributed by atoms with Crippen LogP contribution < -0.4 is 4.90 Å². The van der Waals surface area contributed by atoms with E-state index in [1.807, 2.05) is 0 Å². The van der Waals surface area contributed by atoms with Gasteiger partial charge in [-0.3, -0.25) is 19.8 Å². The third-order valence-electron chi connectivity index (χ3n) is 1.12. The first-order valence-corrected chi connectivity index (χ1v) is 3.75. The topological polar surface area (TPSA) is 76.3 Å². The average molecular weight is 187 g/mol. The van der Waals surface area contributed by atoms with E-state index in [1.165, 1.54) is 11.9 Å². The van der Waals surface area contributed by atoms with E-state index < -0.39 is 4.92 Å². The van der Waals surface area contributed by atoms with Crippen molar-refractivity contribution in [3.05, 3.63) is 16.3 Å². The summed E-state index contributed by atoms with van der Waals surface area (Å²) in [6.45, 7) is 0. The van der Waals surface area contributed by atoms with Gasteiger partial charge in [0.25, 0.3) is 0 Å². The van der Waals surface area contributed by atoms with Crippen LogP contribution in [0.1, 0.15) is 0 Å². The molecule has 0 unspecified atom stereocenters. The molecule has 0 fully saturated rings. The predicted octanol–water partition coefficient (Wildman–Crippen LogP) is 0.644. The minimum absolute atomic E-state index is 0.0706. The number of hydrogen-bond acceptors (Lipinski definition) is 5. The molecule has 0 spiro atoms. The van der Waals surface area contributed by atoms with Crippen molar-refractivity contribution in [3.63, 3.8) is 0 Å². The molecule has 1 aromatic rings. The molecule has 0 aliphatic heterocycles. The van der Waals surface area contributed by atoms with E-state index in [2.05, 4.69) is 4.98 Å². The van der Waals surface area contributed by atoms with Gasteiger partial charge in [0.1, 0.15) is 6.20 Å². The van der Waals surface area contributed by atoms with Crippen LogP contribution in [-0.4, -0.2) is 23.4 Å². The Morgan fingerprint density at radius 3 is 2.92 bits per heavy atom. The molecule has 0 saturated heterocycles. The number of carbonyl (C=O) groups is 1. The average Bonchev–Trinajstić information content (AvgIpc) is 2.51. The molecule has 0 saturated carbocycles. The summed E-state index contributed by atoms with van der Waals surface area (Å²) in [5.41, 5.74) is 0. The van der Waals surface area contributed by atoms with E-state index in [-0.39, 0.29) is 5.00 Å². The van der Waals surface area contributed by atoms with Gasteiger partial charge in [0.05, 0.1) is 4.92 Å². The van der Waals surface area contributed by atoms with Crippen LogP contribution in [0, 0.1) is 10.1 Å². The number of aromatic nitrogens is 1. The number of thiazole rings is 1. The maximum Gasteiger partial charge on any atom is 0.345 e. The Kier molecular flexibility index (Phi) is 2.34. The van der Waals surface area contributed by atoms with Gasteiger partial charge in [-0.15, -0.1) is 0 Å². The van der Waals surface area contributed by atoms with Crippen molar-refractivity contribution in [1.82, 2.24) is 4.98 Å². The second kappa shape index (κ2) is 3.26. The molecule has 0 N–H and O–H groups in total. The zero-order chi connectivity index (χ0) is 9.14. The van der Waals surface area contributed by atoms with Gasteiger partial charge >= 0.3 is 5.00 Å². The lowest BCUT2D eigenvalue weighted by molar-refractivity contribution is -0.380. The van der Waals surface area contributed by atoms with Crippen molar-refractivity contribution < 1.29 is 9.72 Å². The summed E-state index contributed by atoms with van der Waals surface area (Å²) < 4.78 is 0. The van der Waals surface area contributed by atoms with Gasteiger partial charge in [-0.25, -0.2) is 4.98 Å². The quantitative estimate of drug-likeness (QED) is 0.395. The van der Waals surface area contributed by atoms with Crippen molar-refractivity contribution in [3.8, 4) is 0 Å². The zero-order valence-corrected chi connectivity index (χ0v) is 6.95. The fourth-order valence-electron chi connectivity index (χ4n) is 0.549. The Morgan fingerprint density at radius 2 is 2.50 bits per heavy atom. The number of nitrogens with zero attached hydrogens (tertiary/aromatic N) is 3. The monoisotopic (exact) mass is 187 g/mol. The Balaban J connectivity index is 2.91. The zero-order valence-electron chi connectivity index (χ0n) is 6.13. The lowest BCUT2D eigenvalue weighted by Gasteiger charge is -2.01. The van der Waals surface area contributed by atoms with Crippen LogP contribution in [0.15, 0.2) is 6.20 Å². The van der Waals surface area contributed by atoms with E-state index in [0.717, 1.165) is 17.5 Å². The van der Waals surface area contributed by atoms with Crippen molar-refractivity contribution in [1.29, 1.82) is 0 Å². The predicted molar refractivity (Wildman–Crippen MR) is 43.2 cm³/mol. The molecule has 0 bridgehead atoms. The van der Waals surface area contributed by atoms with Crippen molar-refractivity contribution in [2.45, 2.75) is 0 Å². The van der Waals surface area contributed by atoms with E-state index in [1.54, 1.807) is 0 Å². The highest BCUT2D eigenvalue weighted by atomic mass is 32.1. The number of hydrogen-bond donors (Lipinski definition) is 0. The summed E-state index contributed by atoms with van der Waals surface area (Å²) in [4.78, 5) is 24.7. The van der Waals surface area contributed by atoms with Gasteiger partial charge in [0.15, 0.2) is 5.13 Å². The van der Waals surface area contributed by atoms with Crippen molar-refractivity contribution >= 4 is 27.9 Å². The van der Waals surface area contributed by atoms with Crippen LogP contribution in [-0.2, 0) is 4.79 Å². The molecule has 64 valence electrons. The van der Waals surface area contributed by atoms with Gasteiger partial charge in [-0.2, -0.15) is 0 Å². The summed E-state index contributed by atoms with van der Waals surface area (Å²) in [7, 11) is 1.48. The van der Waals surface area contributed by atoms with Gasteiger partial charge in [-0.1, -0.05) is 0 Å². The minimum atomic E-state index is -0.542. The highest BCUT2D eigenvalue weighted by Crippen LogP contribution is 2.26. The summed E-state index contributed by atoms with van der Waals surface area (Å²) in [5, 5.41) is 10.4. The summed E-state index contributed by atoms with van der Waals surface area (Å²) in [6, 6.07) is 0. The van der Waals surface area contributed by atoms with E-state index >= 15 is 0 Å². The van der Waals surface area contributed by atoms with Crippen LogP contribution in [0.3, 0.4) is 0 Å². The molecule has 6 nitrogen and oxygen atoms in total. The molecule has 1 heterocycles. The van der Waals surface area contributed by atoms with Crippen LogP contribution in [0.5, 0.6) is 0 Å². The molecule has 0 radical (unpaired) electrons. The molecule has 0 aromatic carbocycles. The maximum atomic E-state index is 10.2. The highest BCUT2D eigenvalue weighted by Gasteiger charge is 2.13. The molecule has 0 atom stereocenters. The Hall–Kier alpha value is -1.50. The minimum Gasteiger partial charge on any atom is -0.294 e. The summed E-state index contributed by atoms with van der Waals surface area (Å²) in [6.07, 6.45) is 1.67. The van der Waals surface area contributed by atoms with Gasteiger partial charge in [0.2, 0.25) is 6.41 Å². The first kappa shape index (κ1) is 8.60. The number of amides is 1. The molecular weight excluding hydrogens is 182 g/mol. The molecular formula is C5H5N3O3S. The Bertz CT molecular complexity index is 311. The molecule has 1 rings (SSSR count). The van der Waals surface area contributed by atoms with Crippen molar-refractivity contribution in [2.24, 2.45) is 0 Å². The molecule has 1 aromatic heterocycles. The van der Waals surface area contributed by atoms with Crippen molar-refractivity contribution in [2.75, 3.05) is 11.9 Å². The summed E-state index contributed by atoms with van der Waals surface area (Å²) in [5.74, 6) is 0. The number of anilines is 1.